The molecule has 112 valence electrons. The van der Waals surface area contributed by atoms with Crippen molar-refractivity contribution in [3.8, 4) is 5.75 Å². The van der Waals surface area contributed by atoms with Gasteiger partial charge >= 0.3 is 0 Å². The third-order valence-corrected chi connectivity index (χ3v) is 3.51. The van der Waals surface area contributed by atoms with Gasteiger partial charge < -0.3 is 15.4 Å². The van der Waals surface area contributed by atoms with Gasteiger partial charge in [0.25, 0.3) is 0 Å². The van der Waals surface area contributed by atoms with E-state index in [4.69, 9.17) is 4.74 Å². The first kappa shape index (κ1) is 16.8. The topological polar surface area (TPSA) is 50.4 Å². The van der Waals surface area contributed by atoms with E-state index in [-0.39, 0.29) is 24.2 Å². The number of halogens is 1. The van der Waals surface area contributed by atoms with Crippen LogP contribution in [0.3, 0.4) is 0 Å². The number of benzene rings is 1. The zero-order chi connectivity index (χ0) is 13.5. The fourth-order valence-corrected chi connectivity index (χ4v) is 2.38. The molecule has 1 amide bonds. The minimum Gasteiger partial charge on any atom is -0.497 e. The van der Waals surface area contributed by atoms with Gasteiger partial charge in [-0.3, -0.25) is 4.79 Å². The number of amides is 1. The molecule has 1 heterocycles. The predicted octanol–water partition coefficient (Wildman–Crippen LogP) is 1.78. The van der Waals surface area contributed by atoms with E-state index < -0.39 is 0 Å². The van der Waals surface area contributed by atoms with Gasteiger partial charge in [-0.2, -0.15) is 0 Å². The van der Waals surface area contributed by atoms with Crippen molar-refractivity contribution in [2.45, 2.75) is 19.3 Å². The van der Waals surface area contributed by atoms with Crippen molar-refractivity contribution < 1.29 is 9.53 Å². The Kier molecular flexibility index (Phi) is 7.41. The molecule has 1 atom stereocenters. The van der Waals surface area contributed by atoms with E-state index in [1.807, 2.05) is 18.2 Å². The van der Waals surface area contributed by atoms with Crippen LogP contribution in [0.4, 0.5) is 0 Å². The highest BCUT2D eigenvalue weighted by Gasteiger charge is 2.19. The van der Waals surface area contributed by atoms with Crippen LogP contribution in [-0.2, 0) is 11.2 Å². The monoisotopic (exact) mass is 298 g/mol. The molecule has 1 aliphatic rings. The maximum atomic E-state index is 11.9. The number of ether oxygens (including phenoxy) is 1. The van der Waals surface area contributed by atoms with Gasteiger partial charge in [-0.15, -0.1) is 12.4 Å². The lowest BCUT2D eigenvalue weighted by molar-refractivity contribution is -0.125. The third-order valence-electron chi connectivity index (χ3n) is 3.51. The maximum absolute atomic E-state index is 11.9. The minimum absolute atomic E-state index is 0. The van der Waals surface area contributed by atoms with E-state index in [2.05, 4.69) is 16.7 Å². The Morgan fingerprint density at radius 3 is 3.05 bits per heavy atom. The molecule has 20 heavy (non-hydrogen) atoms. The lowest BCUT2D eigenvalue weighted by Gasteiger charge is -2.21. The van der Waals surface area contributed by atoms with Crippen molar-refractivity contribution in [3.63, 3.8) is 0 Å². The average molecular weight is 299 g/mol. The molecule has 0 aromatic heterocycles. The summed E-state index contributed by atoms with van der Waals surface area (Å²) in [6.07, 6.45) is 2.93. The maximum Gasteiger partial charge on any atom is 0.224 e. The number of carbonyl (C=O) groups is 1. The molecule has 4 nitrogen and oxygen atoms in total. The number of carbonyl (C=O) groups excluding carboxylic acids is 1. The third kappa shape index (κ3) is 5.02. The van der Waals surface area contributed by atoms with E-state index in [1.54, 1.807) is 7.11 Å². The van der Waals surface area contributed by atoms with E-state index in [1.165, 1.54) is 5.56 Å². The quantitative estimate of drug-likeness (QED) is 0.871. The standard InChI is InChI=1S/C15H22N2O2.ClH/c1-19-14-6-2-4-12(10-14)7-9-17-15(18)13-5-3-8-16-11-13;/h2,4,6,10,13,16H,3,5,7-9,11H2,1H3,(H,17,18);1H/t13-;/m1./s1. The summed E-state index contributed by atoms with van der Waals surface area (Å²) in [5.74, 6) is 1.18. The van der Waals surface area contributed by atoms with Crippen LogP contribution < -0.4 is 15.4 Å². The molecule has 0 unspecified atom stereocenters. The van der Waals surface area contributed by atoms with Gasteiger partial charge in [0.2, 0.25) is 5.91 Å². The molecule has 0 aliphatic carbocycles. The first-order valence-corrected chi connectivity index (χ1v) is 6.91. The summed E-state index contributed by atoms with van der Waals surface area (Å²) < 4.78 is 5.18. The molecule has 2 rings (SSSR count). The highest BCUT2D eigenvalue weighted by Crippen LogP contribution is 2.13. The Hall–Kier alpha value is -1.26. The van der Waals surface area contributed by atoms with Crippen molar-refractivity contribution in [1.29, 1.82) is 0 Å². The predicted molar refractivity (Wildman–Crippen MR) is 82.5 cm³/mol. The first-order chi connectivity index (χ1) is 9.29. The molecule has 1 aromatic rings. The van der Waals surface area contributed by atoms with Crippen LogP contribution in [0, 0.1) is 5.92 Å². The molecule has 5 heteroatoms. The van der Waals surface area contributed by atoms with Crippen molar-refractivity contribution in [2.24, 2.45) is 5.92 Å². The smallest absolute Gasteiger partial charge is 0.224 e. The van der Waals surface area contributed by atoms with Crippen LogP contribution in [-0.4, -0.2) is 32.7 Å². The lowest BCUT2D eigenvalue weighted by atomic mass is 9.99. The molecule has 0 saturated carbocycles. The van der Waals surface area contributed by atoms with Crippen LogP contribution >= 0.6 is 12.4 Å². The summed E-state index contributed by atoms with van der Waals surface area (Å²) in [5.41, 5.74) is 1.18. The number of rotatable bonds is 5. The van der Waals surface area contributed by atoms with Crippen molar-refractivity contribution in [1.82, 2.24) is 10.6 Å². The molecule has 1 saturated heterocycles. The van der Waals surface area contributed by atoms with E-state index in [9.17, 15) is 4.79 Å². The van der Waals surface area contributed by atoms with Crippen LogP contribution in [0.1, 0.15) is 18.4 Å². The summed E-state index contributed by atoms with van der Waals surface area (Å²) in [6, 6.07) is 7.96. The number of methoxy groups -OCH3 is 1. The molecule has 0 spiro atoms. The second-order valence-corrected chi connectivity index (χ2v) is 4.94. The van der Waals surface area contributed by atoms with Crippen LogP contribution in [0.15, 0.2) is 24.3 Å². The van der Waals surface area contributed by atoms with Crippen molar-refractivity contribution in [2.75, 3.05) is 26.7 Å². The van der Waals surface area contributed by atoms with E-state index in [0.717, 1.165) is 38.1 Å². The van der Waals surface area contributed by atoms with E-state index >= 15 is 0 Å². The number of nitrogens with one attached hydrogen (secondary N) is 2. The Morgan fingerprint density at radius 1 is 1.50 bits per heavy atom. The Labute approximate surface area is 126 Å². The number of hydrogen-bond donors (Lipinski definition) is 2. The van der Waals surface area contributed by atoms with Gasteiger partial charge in [-0.1, -0.05) is 12.1 Å². The molecule has 0 bridgehead atoms. The fourth-order valence-electron chi connectivity index (χ4n) is 2.38. The molecule has 0 radical (unpaired) electrons. The Morgan fingerprint density at radius 2 is 2.35 bits per heavy atom. The Balaban J connectivity index is 0.00000200. The number of hydrogen-bond acceptors (Lipinski definition) is 3. The zero-order valence-electron chi connectivity index (χ0n) is 11.9. The minimum atomic E-state index is 0. The molecule has 2 N–H and O–H groups in total. The van der Waals surface area contributed by atoms with Crippen molar-refractivity contribution >= 4 is 18.3 Å². The summed E-state index contributed by atoms with van der Waals surface area (Å²) in [4.78, 5) is 11.9. The van der Waals surface area contributed by atoms with Gasteiger partial charge in [0.05, 0.1) is 13.0 Å². The zero-order valence-corrected chi connectivity index (χ0v) is 12.7. The molecule has 1 aromatic carbocycles. The fraction of sp³-hybridized carbons (Fsp3) is 0.533. The summed E-state index contributed by atoms with van der Waals surface area (Å²) in [5, 5.41) is 6.28. The van der Waals surface area contributed by atoms with Crippen molar-refractivity contribution in [3.05, 3.63) is 29.8 Å². The van der Waals surface area contributed by atoms with Gasteiger partial charge in [0, 0.05) is 13.1 Å². The summed E-state index contributed by atoms with van der Waals surface area (Å²) >= 11 is 0. The highest BCUT2D eigenvalue weighted by molar-refractivity contribution is 5.85. The second kappa shape index (κ2) is 8.82. The largest absolute Gasteiger partial charge is 0.497 e. The van der Waals surface area contributed by atoms with Gasteiger partial charge in [-0.05, 0) is 43.5 Å². The Bertz CT molecular complexity index is 420. The lowest BCUT2D eigenvalue weighted by Crippen LogP contribution is -2.41. The first-order valence-electron chi connectivity index (χ1n) is 6.91. The molecular formula is C15H23ClN2O2. The molecule has 1 aliphatic heterocycles. The average Bonchev–Trinajstić information content (AvgIpc) is 2.48. The summed E-state index contributed by atoms with van der Waals surface area (Å²) in [7, 11) is 1.66. The highest BCUT2D eigenvalue weighted by atomic mass is 35.5. The van der Waals surface area contributed by atoms with Gasteiger partial charge in [0.1, 0.15) is 5.75 Å². The molecule has 1 fully saturated rings. The SMILES string of the molecule is COc1cccc(CCNC(=O)[C@@H]2CCCNC2)c1.Cl. The number of piperidine rings is 1. The van der Waals surface area contributed by atoms with Gasteiger partial charge in [-0.25, -0.2) is 0 Å². The van der Waals surface area contributed by atoms with Gasteiger partial charge in [0.15, 0.2) is 0 Å². The van der Waals surface area contributed by atoms with Crippen LogP contribution in [0.5, 0.6) is 5.75 Å². The molecular weight excluding hydrogens is 276 g/mol. The van der Waals surface area contributed by atoms with Crippen LogP contribution in [0.25, 0.3) is 0 Å². The normalized spacial score (nSPS) is 17.9. The second-order valence-electron chi connectivity index (χ2n) is 4.94. The van der Waals surface area contributed by atoms with Crippen LogP contribution in [0.2, 0.25) is 0 Å². The summed E-state index contributed by atoms with van der Waals surface area (Å²) in [6.45, 7) is 2.53. The van der Waals surface area contributed by atoms with E-state index in [0.29, 0.717) is 6.54 Å².